The van der Waals surface area contributed by atoms with Crippen molar-refractivity contribution in [2.24, 2.45) is 11.7 Å². The number of carbonyl (C=O) groups is 2. The normalized spacial score (nSPS) is 22.9. The molecule has 17 heavy (non-hydrogen) atoms. The van der Waals surface area contributed by atoms with Crippen molar-refractivity contribution in [2.45, 2.75) is 45.7 Å². The SMILES string of the molecule is CCNC1CCCN(C(C(N)=O)C(C)C)C1=O. The first kappa shape index (κ1) is 14.0. The van der Waals surface area contributed by atoms with Crippen molar-refractivity contribution in [1.82, 2.24) is 10.2 Å². The van der Waals surface area contributed by atoms with Gasteiger partial charge < -0.3 is 16.0 Å². The summed E-state index contributed by atoms with van der Waals surface area (Å²) in [5.74, 6) is -0.349. The van der Waals surface area contributed by atoms with Crippen LogP contribution in [-0.2, 0) is 9.59 Å². The molecular weight excluding hydrogens is 218 g/mol. The molecule has 5 nitrogen and oxygen atoms in total. The highest BCUT2D eigenvalue weighted by molar-refractivity contribution is 5.89. The van der Waals surface area contributed by atoms with E-state index in [9.17, 15) is 9.59 Å². The summed E-state index contributed by atoms with van der Waals surface area (Å²) in [5.41, 5.74) is 5.40. The van der Waals surface area contributed by atoms with Crippen LogP contribution >= 0.6 is 0 Å². The van der Waals surface area contributed by atoms with Gasteiger partial charge in [-0.1, -0.05) is 20.8 Å². The Labute approximate surface area is 103 Å². The third kappa shape index (κ3) is 3.19. The first-order valence-electron chi connectivity index (χ1n) is 6.32. The van der Waals surface area contributed by atoms with E-state index in [4.69, 9.17) is 5.73 Å². The predicted octanol–water partition coefficient (Wildman–Crippen LogP) is 0.0968. The smallest absolute Gasteiger partial charge is 0.240 e. The maximum absolute atomic E-state index is 12.2. The molecule has 1 aliphatic heterocycles. The lowest BCUT2D eigenvalue weighted by Gasteiger charge is -2.38. The van der Waals surface area contributed by atoms with E-state index >= 15 is 0 Å². The van der Waals surface area contributed by atoms with E-state index in [1.807, 2.05) is 20.8 Å². The molecule has 98 valence electrons. The number of primary amides is 1. The van der Waals surface area contributed by atoms with Crippen molar-refractivity contribution in [3.05, 3.63) is 0 Å². The molecule has 2 unspecified atom stereocenters. The molecule has 2 atom stereocenters. The molecule has 1 saturated heterocycles. The summed E-state index contributed by atoms with van der Waals surface area (Å²) in [6, 6.07) is -0.640. The molecule has 0 aromatic rings. The van der Waals surface area contributed by atoms with Gasteiger partial charge in [0.25, 0.3) is 0 Å². The summed E-state index contributed by atoms with van der Waals surface area (Å²) in [6.07, 6.45) is 1.76. The van der Waals surface area contributed by atoms with Crippen LogP contribution in [0.4, 0.5) is 0 Å². The van der Waals surface area contributed by atoms with Gasteiger partial charge in [0.05, 0.1) is 6.04 Å². The Balaban J connectivity index is 2.80. The minimum absolute atomic E-state index is 0.00981. The second kappa shape index (κ2) is 6.00. The summed E-state index contributed by atoms with van der Waals surface area (Å²) in [5, 5.41) is 3.15. The number of likely N-dealkylation sites (N-methyl/N-ethyl adjacent to an activating group) is 1. The summed E-state index contributed by atoms with van der Waals surface area (Å²) in [6.45, 7) is 7.19. The van der Waals surface area contributed by atoms with Gasteiger partial charge >= 0.3 is 0 Å². The highest BCUT2D eigenvalue weighted by Crippen LogP contribution is 2.19. The molecule has 0 aliphatic carbocycles. The van der Waals surface area contributed by atoms with Crippen molar-refractivity contribution in [3.63, 3.8) is 0 Å². The lowest BCUT2D eigenvalue weighted by Crippen LogP contribution is -2.58. The highest BCUT2D eigenvalue weighted by Gasteiger charge is 2.36. The number of hydrogen-bond acceptors (Lipinski definition) is 3. The van der Waals surface area contributed by atoms with E-state index < -0.39 is 11.9 Å². The van der Waals surface area contributed by atoms with Crippen molar-refractivity contribution >= 4 is 11.8 Å². The summed E-state index contributed by atoms with van der Waals surface area (Å²) < 4.78 is 0. The van der Waals surface area contributed by atoms with Crippen molar-refractivity contribution in [1.29, 1.82) is 0 Å². The number of rotatable bonds is 5. The van der Waals surface area contributed by atoms with Crippen molar-refractivity contribution < 1.29 is 9.59 Å². The van der Waals surface area contributed by atoms with Crippen LogP contribution in [0.25, 0.3) is 0 Å². The molecule has 1 heterocycles. The topological polar surface area (TPSA) is 75.4 Å². The van der Waals surface area contributed by atoms with E-state index in [1.165, 1.54) is 0 Å². The summed E-state index contributed by atoms with van der Waals surface area (Å²) in [4.78, 5) is 25.3. The average Bonchev–Trinajstić information content (AvgIpc) is 2.23. The Kier molecular flexibility index (Phi) is 4.93. The van der Waals surface area contributed by atoms with Crippen LogP contribution in [0, 0.1) is 5.92 Å². The Bertz CT molecular complexity index is 289. The van der Waals surface area contributed by atoms with Gasteiger partial charge in [-0.3, -0.25) is 9.59 Å². The monoisotopic (exact) mass is 241 g/mol. The maximum atomic E-state index is 12.2. The van der Waals surface area contributed by atoms with E-state index in [-0.39, 0.29) is 17.9 Å². The second-order valence-electron chi connectivity index (χ2n) is 4.88. The first-order chi connectivity index (χ1) is 7.99. The molecule has 0 spiro atoms. The Morgan fingerprint density at radius 3 is 2.71 bits per heavy atom. The summed E-state index contributed by atoms with van der Waals surface area (Å²) in [7, 11) is 0. The molecule has 3 N–H and O–H groups in total. The number of piperidine rings is 1. The third-order valence-electron chi connectivity index (χ3n) is 3.18. The molecule has 0 radical (unpaired) electrons. The van der Waals surface area contributed by atoms with Crippen LogP contribution in [0.15, 0.2) is 0 Å². The molecule has 0 bridgehead atoms. The highest BCUT2D eigenvalue weighted by atomic mass is 16.2. The standard InChI is InChI=1S/C12H23N3O2/c1-4-14-9-6-5-7-15(12(9)17)10(8(2)3)11(13)16/h8-10,14H,4-7H2,1-3H3,(H2,13,16). The van der Waals surface area contributed by atoms with Gasteiger partial charge in [-0.2, -0.15) is 0 Å². The molecule has 0 aromatic heterocycles. The molecular formula is C12H23N3O2. The Hall–Kier alpha value is -1.10. The fraction of sp³-hybridized carbons (Fsp3) is 0.833. The fourth-order valence-corrected chi connectivity index (χ4v) is 2.45. The van der Waals surface area contributed by atoms with Gasteiger partial charge in [-0.05, 0) is 25.3 Å². The van der Waals surface area contributed by atoms with Crippen LogP contribution < -0.4 is 11.1 Å². The van der Waals surface area contributed by atoms with Crippen molar-refractivity contribution in [3.8, 4) is 0 Å². The maximum Gasteiger partial charge on any atom is 0.240 e. The molecule has 5 heteroatoms. The zero-order chi connectivity index (χ0) is 13.0. The van der Waals surface area contributed by atoms with Gasteiger partial charge in [0.15, 0.2) is 0 Å². The van der Waals surface area contributed by atoms with Crippen molar-refractivity contribution in [2.75, 3.05) is 13.1 Å². The van der Waals surface area contributed by atoms with Gasteiger partial charge in [-0.15, -0.1) is 0 Å². The van der Waals surface area contributed by atoms with Crippen LogP contribution in [-0.4, -0.2) is 41.9 Å². The van der Waals surface area contributed by atoms with Crippen LogP contribution in [0.3, 0.4) is 0 Å². The lowest BCUT2D eigenvalue weighted by atomic mass is 9.96. The van der Waals surface area contributed by atoms with Gasteiger partial charge in [0.2, 0.25) is 11.8 Å². The first-order valence-corrected chi connectivity index (χ1v) is 6.32. The summed E-state index contributed by atoms with van der Waals surface area (Å²) >= 11 is 0. The molecule has 1 rings (SSSR count). The second-order valence-corrected chi connectivity index (χ2v) is 4.88. The molecule has 1 fully saturated rings. The number of nitrogens with two attached hydrogens (primary N) is 1. The van der Waals surface area contributed by atoms with E-state index in [0.29, 0.717) is 6.54 Å². The van der Waals surface area contributed by atoms with Gasteiger partial charge in [-0.25, -0.2) is 0 Å². The van der Waals surface area contributed by atoms with Gasteiger partial charge in [0.1, 0.15) is 6.04 Å². The Morgan fingerprint density at radius 2 is 2.24 bits per heavy atom. The molecule has 2 amide bonds. The molecule has 0 aromatic carbocycles. The van der Waals surface area contributed by atoms with E-state index in [2.05, 4.69) is 5.32 Å². The third-order valence-corrected chi connectivity index (χ3v) is 3.18. The van der Waals surface area contributed by atoms with Crippen LogP contribution in [0.2, 0.25) is 0 Å². The quantitative estimate of drug-likeness (QED) is 0.716. The number of hydrogen-bond donors (Lipinski definition) is 2. The number of carbonyl (C=O) groups excluding carboxylic acids is 2. The fourth-order valence-electron chi connectivity index (χ4n) is 2.45. The minimum atomic E-state index is -0.482. The number of nitrogens with zero attached hydrogens (tertiary/aromatic N) is 1. The Morgan fingerprint density at radius 1 is 1.59 bits per heavy atom. The average molecular weight is 241 g/mol. The number of amides is 2. The zero-order valence-electron chi connectivity index (χ0n) is 10.9. The number of likely N-dealkylation sites (tertiary alicyclic amines) is 1. The zero-order valence-corrected chi connectivity index (χ0v) is 10.9. The number of nitrogens with one attached hydrogen (secondary N) is 1. The largest absolute Gasteiger partial charge is 0.368 e. The van der Waals surface area contributed by atoms with E-state index in [1.54, 1.807) is 4.90 Å². The predicted molar refractivity (Wildman–Crippen MR) is 66.2 cm³/mol. The van der Waals surface area contributed by atoms with E-state index in [0.717, 1.165) is 19.4 Å². The van der Waals surface area contributed by atoms with Crippen LogP contribution in [0.1, 0.15) is 33.6 Å². The molecule has 0 saturated carbocycles. The molecule has 1 aliphatic rings. The van der Waals surface area contributed by atoms with Gasteiger partial charge in [0, 0.05) is 6.54 Å². The lowest BCUT2D eigenvalue weighted by molar-refractivity contribution is -0.145. The van der Waals surface area contributed by atoms with Crippen LogP contribution in [0.5, 0.6) is 0 Å². The minimum Gasteiger partial charge on any atom is -0.368 e.